The lowest BCUT2D eigenvalue weighted by molar-refractivity contribution is -0.147. The Bertz CT molecular complexity index is 478. The molecule has 1 aromatic heterocycles. The number of hydrogen-bond donors (Lipinski definition) is 1. The van der Waals surface area contributed by atoms with Crippen LogP contribution in [-0.4, -0.2) is 25.0 Å². The van der Waals surface area contributed by atoms with Gasteiger partial charge in [0, 0.05) is 12.1 Å². The van der Waals surface area contributed by atoms with Crippen molar-refractivity contribution in [3.05, 3.63) is 30.2 Å². The van der Waals surface area contributed by atoms with Crippen molar-refractivity contribution in [2.45, 2.75) is 31.7 Å². The molecular weight excluding hydrogens is 258 g/mol. The lowest BCUT2D eigenvalue weighted by Crippen LogP contribution is -2.44. The van der Waals surface area contributed by atoms with Crippen LogP contribution in [-0.2, 0) is 14.3 Å². The number of nitrogens with one attached hydrogen (secondary N) is 1. The van der Waals surface area contributed by atoms with Crippen LogP contribution < -0.4 is 5.32 Å². The molecule has 1 heterocycles. The average molecular weight is 277 g/mol. The van der Waals surface area contributed by atoms with E-state index >= 15 is 0 Å². The first-order chi connectivity index (χ1) is 9.70. The highest BCUT2D eigenvalue weighted by Gasteiger charge is 2.32. The van der Waals surface area contributed by atoms with Gasteiger partial charge >= 0.3 is 5.97 Å². The third-order valence-electron chi connectivity index (χ3n) is 3.54. The molecule has 5 heteroatoms. The molecule has 0 spiro atoms. The van der Waals surface area contributed by atoms with Crippen LogP contribution in [0.25, 0.3) is 6.08 Å². The molecule has 0 aliphatic heterocycles. The Labute approximate surface area is 118 Å². The first-order valence-corrected chi connectivity index (χ1v) is 6.80. The Morgan fingerprint density at radius 3 is 2.90 bits per heavy atom. The fourth-order valence-electron chi connectivity index (χ4n) is 2.51. The Kier molecular flexibility index (Phi) is 4.98. The number of furan rings is 1. The summed E-state index contributed by atoms with van der Waals surface area (Å²) in [5.41, 5.74) is 0. The Balaban J connectivity index is 1.93. The Morgan fingerprint density at radius 2 is 2.20 bits per heavy atom. The van der Waals surface area contributed by atoms with Crippen LogP contribution in [0.1, 0.15) is 31.4 Å². The second-order valence-electron chi connectivity index (χ2n) is 4.88. The van der Waals surface area contributed by atoms with Gasteiger partial charge in [-0.15, -0.1) is 0 Å². The van der Waals surface area contributed by atoms with Crippen LogP contribution in [0.4, 0.5) is 0 Å². The minimum atomic E-state index is -0.245. The van der Waals surface area contributed by atoms with Gasteiger partial charge in [0.25, 0.3) is 0 Å². The molecule has 2 rings (SSSR count). The maximum atomic E-state index is 11.9. The van der Waals surface area contributed by atoms with Gasteiger partial charge in [0.2, 0.25) is 5.91 Å². The topological polar surface area (TPSA) is 68.5 Å². The van der Waals surface area contributed by atoms with Crippen molar-refractivity contribution in [1.82, 2.24) is 5.32 Å². The Hall–Kier alpha value is -2.04. The number of hydrogen-bond acceptors (Lipinski definition) is 4. The molecule has 1 aliphatic carbocycles. The SMILES string of the molecule is COC(=O)[C@H]1CCCC[C@H]1NC(=O)/C=C/c1ccco1. The second kappa shape index (κ2) is 6.93. The molecule has 2 atom stereocenters. The van der Waals surface area contributed by atoms with Crippen molar-refractivity contribution in [2.75, 3.05) is 7.11 Å². The normalized spacial score (nSPS) is 22.6. The van der Waals surface area contributed by atoms with E-state index in [2.05, 4.69) is 5.32 Å². The maximum Gasteiger partial charge on any atom is 0.310 e. The number of esters is 1. The number of carbonyl (C=O) groups is 2. The molecular formula is C15H19NO4. The van der Waals surface area contributed by atoms with Crippen molar-refractivity contribution in [1.29, 1.82) is 0 Å². The lowest BCUT2D eigenvalue weighted by Gasteiger charge is -2.29. The van der Waals surface area contributed by atoms with Crippen molar-refractivity contribution >= 4 is 18.0 Å². The molecule has 108 valence electrons. The number of amides is 1. The second-order valence-corrected chi connectivity index (χ2v) is 4.88. The van der Waals surface area contributed by atoms with E-state index in [1.54, 1.807) is 24.5 Å². The monoisotopic (exact) mass is 277 g/mol. The van der Waals surface area contributed by atoms with Gasteiger partial charge in [-0.3, -0.25) is 9.59 Å². The number of methoxy groups -OCH3 is 1. The molecule has 1 amide bonds. The van der Waals surface area contributed by atoms with Crippen molar-refractivity contribution in [3.63, 3.8) is 0 Å². The van der Waals surface area contributed by atoms with Crippen molar-refractivity contribution < 1.29 is 18.7 Å². The molecule has 1 aliphatic rings. The number of carbonyl (C=O) groups excluding carboxylic acids is 2. The Morgan fingerprint density at radius 1 is 1.40 bits per heavy atom. The van der Waals surface area contributed by atoms with Gasteiger partial charge in [0.15, 0.2) is 0 Å². The van der Waals surface area contributed by atoms with Crippen molar-refractivity contribution in [3.8, 4) is 0 Å². The fourth-order valence-corrected chi connectivity index (χ4v) is 2.51. The predicted molar refractivity (Wildman–Crippen MR) is 73.6 cm³/mol. The molecule has 0 bridgehead atoms. The first-order valence-electron chi connectivity index (χ1n) is 6.80. The molecule has 1 N–H and O–H groups in total. The third kappa shape index (κ3) is 3.73. The van der Waals surface area contributed by atoms with E-state index in [0.717, 1.165) is 25.7 Å². The van der Waals surface area contributed by atoms with Crippen molar-refractivity contribution in [2.24, 2.45) is 5.92 Å². The largest absolute Gasteiger partial charge is 0.469 e. The number of rotatable bonds is 4. The van der Waals surface area contributed by atoms with Gasteiger partial charge in [-0.05, 0) is 31.1 Å². The fraction of sp³-hybridized carbons (Fsp3) is 0.467. The van der Waals surface area contributed by atoms with E-state index in [1.807, 2.05) is 0 Å². The zero-order chi connectivity index (χ0) is 14.4. The van der Waals surface area contributed by atoms with E-state index < -0.39 is 0 Å². The smallest absolute Gasteiger partial charge is 0.310 e. The summed E-state index contributed by atoms with van der Waals surface area (Å²) in [7, 11) is 1.38. The lowest BCUT2D eigenvalue weighted by atomic mass is 9.84. The van der Waals surface area contributed by atoms with Gasteiger partial charge in [-0.25, -0.2) is 0 Å². The van der Waals surface area contributed by atoms with Crippen LogP contribution in [0.15, 0.2) is 28.9 Å². The quantitative estimate of drug-likeness (QED) is 0.676. The summed E-state index contributed by atoms with van der Waals surface area (Å²) in [6, 6.07) is 3.37. The summed E-state index contributed by atoms with van der Waals surface area (Å²) >= 11 is 0. The molecule has 1 fully saturated rings. The molecule has 0 radical (unpaired) electrons. The van der Waals surface area contributed by atoms with Crippen LogP contribution in [0.3, 0.4) is 0 Å². The summed E-state index contributed by atoms with van der Waals surface area (Å²) in [5, 5.41) is 2.88. The van der Waals surface area contributed by atoms with E-state index in [0.29, 0.717) is 5.76 Å². The maximum absolute atomic E-state index is 11.9. The molecule has 5 nitrogen and oxygen atoms in total. The van der Waals surface area contributed by atoms with Gasteiger partial charge in [0.1, 0.15) is 5.76 Å². The van der Waals surface area contributed by atoms with Crippen LogP contribution in [0, 0.1) is 5.92 Å². The van der Waals surface area contributed by atoms with Crippen LogP contribution in [0.2, 0.25) is 0 Å². The highest BCUT2D eigenvalue weighted by molar-refractivity contribution is 5.92. The van der Waals surface area contributed by atoms with Crippen LogP contribution >= 0.6 is 0 Å². The summed E-state index contributed by atoms with van der Waals surface area (Å²) in [6.45, 7) is 0. The van der Waals surface area contributed by atoms with Gasteiger partial charge in [-0.1, -0.05) is 12.8 Å². The summed E-state index contributed by atoms with van der Waals surface area (Å²) in [5.74, 6) is -0.0877. The average Bonchev–Trinajstić information content (AvgIpc) is 2.98. The van der Waals surface area contributed by atoms with Gasteiger partial charge in [-0.2, -0.15) is 0 Å². The van der Waals surface area contributed by atoms with Gasteiger partial charge in [0.05, 0.1) is 19.3 Å². The molecule has 0 saturated heterocycles. The summed E-state index contributed by atoms with van der Waals surface area (Å²) in [6.07, 6.45) is 8.15. The minimum Gasteiger partial charge on any atom is -0.469 e. The van der Waals surface area contributed by atoms with E-state index in [-0.39, 0.29) is 23.8 Å². The minimum absolute atomic E-state index is 0.148. The summed E-state index contributed by atoms with van der Waals surface area (Å²) in [4.78, 5) is 23.6. The molecule has 0 unspecified atom stereocenters. The zero-order valence-corrected chi connectivity index (χ0v) is 11.5. The highest BCUT2D eigenvalue weighted by atomic mass is 16.5. The van der Waals surface area contributed by atoms with E-state index in [4.69, 9.17) is 9.15 Å². The van der Waals surface area contributed by atoms with E-state index in [9.17, 15) is 9.59 Å². The molecule has 0 aromatic carbocycles. The number of ether oxygens (including phenoxy) is 1. The molecule has 1 saturated carbocycles. The highest BCUT2D eigenvalue weighted by Crippen LogP contribution is 2.25. The molecule has 1 aromatic rings. The summed E-state index contributed by atoms with van der Waals surface area (Å²) < 4.78 is 9.91. The van der Waals surface area contributed by atoms with Crippen LogP contribution in [0.5, 0.6) is 0 Å². The zero-order valence-electron chi connectivity index (χ0n) is 11.5. The third-order valence-corrected chi connectivity index (χ3v) is 3.54. The first kappa shape index (κ1) is 14.4. The van der Waals surface area contributed by atoms with Gasteiger partial charge < -0.3 is 14.5 Å². The predicted octanol–water partition coefficient (Wildman–Crippen LogP) is 2.14. The van der Waals surface area contributed by atoms with E-state index in [1.165, 1.54) is 13.2 Å². The standard InChI is InChI=1S/C15H19NO4/c1-19-15(18)12-6-2-3-7-13(12)16-14(17)9-8-11-5-4-10-20-11/h4-5,8-10,12-13H,2-3,6-7H2,1H3,(H,16,17)/b9-8+/t12-,13+/m0/s1. The molecule has 20 heavy (non-hydrogen) atoms.